The first-order valence-corrected chi connectivity index (χ1v) is 7.77. The van der Waals surface area contributed by atoms with Gasteiger partial charge in [-0.15, -0.1) is 0 Å². The highest BCUT2D eigenvalue weighted by atomic mass is 35.6. The molecule has 0 atom stereocenters. The number of benzene rings is 2. The molecule has 0 amide bonds. The molecule has 2 aromatic rings. The van der Waals surface area contributed by atoms with Crippen LogP contribution < -0.4 is 5.32 Å². The van der Waals surface area contributed by atoms with Crippen molar-refractivity contribution in [2.75, 3.05) is 0 Å². The zero-order valence-corrected chi connectivity index (χ0v) is 13.6. The lowest BCUT2D eigenvalue weighted by Crippen LogP contribution is -2.40. The predicted molar refractivity (Wildman–Crippen MR) is 93.2 cm³/mol. The Kier molecular flexibility index (Phi) is 4.39. The molecule has 3 nitrogen and oxygen atoms in total. The zero-order chi connectivity index (χ0) is 15.6. The van der Waals surface area contributed by atoms with E-state index in [0.717, 1.165) is 11.1 Å². The fourth-order valence-electron chi connectivity index (χ4n) is 2.08. The lowest BCUT2D eigenvalue weighted by atomic mass is 10.1. The van der Waals surface area contributed by atoms with Crippen molar-refractivity contribution in [1.29, 1.82) is 0 Å². The van der Waals surface area contributed by atoms with E-state index in [4.69, 9.17) is 34.8 Å². The summed E-state index contributed by atoms with van der Waals surface area (Å²) < 4.78 is -1.61. The third-order valence-electron chi connectivity index (χ3n) is 3.13. The molecule has 1 N–H and O–H groups in total. The number of hydrogen-bond donors (Lipinski definition) is 1. The van der Waals surface area contributed by atoms with Crippen LogP contribution in [0.3, 0.4) is 0 Å². The maximum atomic E-state index is 6.01. The van der Waals surface area contributed by atoms with Crippen LogP contribution in [0.25, 0.3) is 0 Å². The fraction of sp³-hybridized carbons (Fsp3) is 0.125. The molecule has 0 fully saturated rings. The van der Waals surface area contributed by atoms with Crippen molar-refractivity contribution in [3.05, 3.63) is 71.8 Å². The van der Waals surface area contributed by atoms with Crippen LogP contribution >= 0.6 is 34.8 Å². The van der Waals surface area contributed by atoms with E-state index < -0.39 is 9.96 Å². The second-order valence-corrected chi connectivity index (χ2v) is 7.10. The Bertz CT molecular complexity index is 651. The van der Waals surface area contributed by atoms with Gasteiger partial charge >= 0.3 is 0 Å². The molecule has 1 aliphatic heterocycles. The minimum absolute atomic E-state index is 0.630. The van der Waals surface area contributed by atoms with Crippen molar-refractivity contribution in [1.82, 2.24) is 5.32 Å². The van der Waals surface area contributed by atoms with Gasteiger partial charge in [-0.25, -0.2) is 9.98 Å². The highest BCUT2D eigenvalue weighted by Gasteiger charge is 2.35. The van der Waals surface area contributed by atoms with E-state index in [1.165, 1.54) is 0 Å². The van der Waals surface area contributed by atoms with Crippen molar-refractivity contribution in [2.45, 2.75) is 9.96 Å². The first kappa shape index (κ1) is 15.3. The molecular formula is C16H12Cl3N3. The summed E-state index contributed by atoms with van der Waals surface area (Å²) in [6.45, 7) is 0. The van der Waals surface area contributed by atoms with Crippen LogP contribution in [-0.4, -0.2) is 21.6 Å². The Morgan fingerprint density at radius 1 is 0.727 bits per heavy atom. The van der Waals surface area contributed by atoms with Crippen molar-refractivity contribution in [2.24, 2.45) is 9.98 Å². The van der Waals surface area contributed by atoms with Gasteiger partial charge in [0.15, 0.2) is 6.17 Å². The largest absolute Gasteiger partial charge is 0.324 e. The molecule has 112 valence electrons. The van der Waals surface area contributed by atoms with Gasteiger partial charge in [0.25, 0.3) is 0 Å². The van der Waals surface area contributed by atoms with E-state index in [9.17, 15) is 0 Å². The Morgan fingerprint density at radius 3 is 1.50 bits per heavy atom. The summed E-state index contributed by atoms with van der Waals surface area (Å²) in [4.78, 5) is 8.84. The van der Waals surface area contributed by atoms with Crippen molar-refractivity contribution in [3.8, 4) is 0 Å². The highest BCUT2D eigenvalue weighted by molar-refractivity contribution is 6.68. The van der Waals surface area contributed by atoms with Crippen LogP contribution in [-0.2, 0) is 0 Å². The molecule has 0 saturated carbocycles. The van der Waals surface area contributed by atoms with Crippen molar-refractivity contribution in [3.63, 3.8) is 0 Å². The minimum Gasteiger partial charge on any atom is -0.324 e. The third-order valence-corrected chi connectivity index (χ3v) is 3.71. The molecule has 0 saturated heterocycles. The van der Waals surface area contributed by atoms with E-state index in [2.05, 4.69) is 15.3 Å². The summed E-state index contributed by atoms with van der Waals surface area (Å²) in [6.07, 6.45) is -0.802. The molecule has 0 aliphatic carbocycles. The molecular weight excluding hydrogens is 341 g/mol. The molecule has 0 unspecified atom stereocenters. The second kappa shape index (κ2) is 6.29. The van der Waals surface area contributed by atoms with Crippen LogP contribution in [0.1, 0.15) is 11.1 Å². The lowest BCUT2D eigenvalue weighted by molar-refractivity contribution is 0.714. The number of alkyl halides is 3. The molecule has 0 bridgehead atoms. The van der Waals surface area contributed by atoms with Crippen LogP contribution in [0.5, 0.6) is 0 Å². The fourth-order valence-corrected chi connectivity index (χ4v) is 2.37. The Balaban J connectivity index is 2.02. The Morgan fingerprint density at radius 2 is 1.14 bits per heavy atom. The van der Waals surface area contributed by atoms with Crippen molar-refractivity contribution >= 4 is 46.5 Å². The molecule has 22 heavy (non-hydrogen) atoms. The summed E-state index contributed by atoms with van der Waals surface area (Å²) in [5.74, 6) is 1.26. The maximum Gasteiger partial charge on any atom is 0.232 e. The molecule has 0 aromatic heterocycles. The number of nitrogens with zero attached hydrogens (tertiary/aromatic N) is 2. The first-order chi connectivity index (χ1) is 10.5. The normalized spacial score (nSPS) is 15.8. The molecule has 0 radical (unpaired) electrons. The summed E-state index contributed by atoms with van der Waals surface area (Å²) in [5.41, 5.74) is 1.81. The van der Waals surface area contributed by atoms with E-state index in [1.807, 2.05) is 60.7 Å². The van der Waals surface area contributed by atoms with Gasteiger partial charge in [-0.2, -0.15) is 0 Å². The number of halogens is 3. The Labute approximate surface area is 143 Å². The van der Waals surface area contributed by atoms with Crippen molar-refractivity contribution < 1.29 is 0 Å². The lowest BCUT2D eigenvalue weighted by Gasteiger charge is -2.25. The monoisotopic (exact) mass is 351 g/mol. The van der Waals surface area contributed by atoms with E-state index in [-0.39, 0.29) is 0 Å². The summed E-state index contributed by atoms with van der Waals surface area (Å²) >= 11 is 18.0. The zero-order valence-electron chi connectivity index (χ0n) is 11.4. The Hall–Kier alpha value is -1.55. The maximum absolute atomic E-state index is 6.01. The average Bonchev–Trinajstić information content (AvgIpc) is 2.55. The van der Waals surface area contributed by atoms with Gasteiger partial charge in [-0.05, 0) is 0 Å². The molecule has 6 heteroatoms. The second-order valence-electron chi connectivity index (χ2n) is 4.73. The topological polar surface area (TPSA) is 36.8 Å². The number of aliphatic imine (C=N–C) groups is 2. The molecule has 1 heterocycles. The van der Waals surface area contributed by atoms with Gasteiger partial charge in [0.05, 0.1) is 0 Å². The van der Waals surface area contributed by atoms with Crippen LogP contribution in [0.4, 0.5) is 0 Å². The average molecular weight is 353 g/mol. The van der Waals surface area contributed by atoms with Crippen LogP contribution in [0.15, 0.2) is 70.6 Å². The highest BCUT2D eigenvalue weighted by Crippen LogP contribution is 2.34. The SMILES string of the molecule is ClC(Cl)(Cl)C1N=C(c2ccccc2)NC(c2ccccc2)=N1. The van der Waals surface area contributed by atoms with Crippen LogP contribution in [0.2, 0.25) is 0 Å². The number of nitrogens with one attached hydrogen (secondary N) is 1. The van der Waals surface area contributed by atoms with Gasteiger partial charge < -0.3 is 5.32 Å². The standard InChI is InChI=1S/C16H12Cl3N3/c17-16(18,19)15-21-13(11-7-3-1-4-8-11)20-14(22-15)12-9-5-2-6-10-12/h1-10,15H,(H,20,21,22). The number of amidine groups is 2. The summed E-state index contributed by atoms with van der Waals surface area (Å²) in [7, 11) is 0. The summed E-state index contributed by atoms with van der Waals surface area (Å²) in [5, 5.41) is 3.21. The van der Waals surface area contributed by atoms with Gasteiger partial charge in [-0.3, -0.25) is 0 Å². The van der Waals surface area contributed by atoms with Crippen LogP contribution in [0, 0.1) is 0 Å². The third kappa shape index (κ3) is 3.43. The van der Waals surface area contributed by atoms with Gasteiger partial charge in [0.1, 0.15) is 11.7 Å². The number of hydrogen-bond acceptors (Lipinski definition) is 3. The van der Waals surface area contributed by atoms with E-state index >= 15 is 0 Å². The molecule has 3 rings (SSSR count). The smallest absolute Gasteiger partial charge is 0.232 e. The van der Waals surface area contributed by atoms with E-state index in [1.54, 1.807) is 0 Å². The predicted octanol–water partition coefficient (Wildman–Crippen LogP) is 4.18. The van der Waals surface area contributed by atoms with E-state index in [0.29, 0.717) is 11.7 Å². The van der Waals surface area contributed by atoms with Gasteiger partial charge in [0.2, 0.25) is 3.79 Å². The van der Waals surface area contributed by atoms with Gasteiger partial charge in [0, 0.05) is 11.1 Å². The summed E-state index contributed by atoms with van der Waals surface area (Å²) in [6, 6.07) is 19.3. The minimum atomic E-state index is -1.61. The molecule has 1 aliphatic rings. The molecule has 0 spiro atoms. The van der Waals surface area contributed by atoms with Gasteiger partial charge in [-0.1, -0.05) is 95.5 Å². The molecule has 2 aromatic carbocycles. The number of rotatable bonds is 2. The quantitative estimate of drug-likeness (QED) is 0.809. The first-order valence-electron chi connectivity index (χ1n) is 6.64.